The number of aliphatic hydroxyl groups is 1. The van der Waals surface area contributed by atoms with Crippen LogP contribution in [0.2, 0.25) is 0 Å². The molecule has 1 unspecified atom stereocenters. The van der Waals surface area contributed by atoms with Gasteiger partial charge in [0.1, 0.15) is 5.69 Å². The van der Waals surface area contributed by atoms with Crippen LogP contribution in [0.1, 0.15) is 36.8 Å². The first kappa shape index (κ1) is 19.6. The van der Waals surface area contributed by atoms with E-state index < -0.39 is 5.72 Å². The highest BCUT2D eigenvalue weighted by Gasteiger charge is 2.53. The molecule has 0 fully saturated rings. The molecular formula is C21H25Br2N2O+. The smallest absolute Gasteiger partial charge is 0.275 e. The molecule has 0 saturated carbocycles. The average Bonchev–Trinajstić information content (AvgIpc) is 2.74. The minimum Gasteiger partial charge on any atom is -0.346 e. The fourth-order valence-corrected chi connectivity index (χ4v) is 4.28. The highest BCUT2D eigenvalue weighted by atomic mass is 79.9. The summed E-state index contributed by atoms with van der Waals surface area (Å²) >= 11 is 3.50. The molecule has 1 N–H and O–H groups in total. The summed E-state index contributed by atoms with van der Waals surface area (Å²) in [5.74, 6) is 1.26. The first-order chi connectivity index (χ1) is 12.1. The first-order valence-electron chi connectivity index (χ1n) is 9.04. The third kappa shape index (κ3) is 3.49. The second-order valence-corrected chi connectivity index (χ2v) is 8.06. The number of halogens is 2. The molecule has 2 aromatic carbocycles. The topological polar surface area (TPSA) is 26.5 Å². The summed E-state index contributed by atoms with van der Waals surface area (Å²) in [7, 11) is 0. The molecule has 0 bridgehead atoms. The number of benzene rings is 2. The Labute approximate surface area is 174 Å². The molecule has 0 amide bonds. The summed E-state index contributed by atoms with van der Waals surface area (Å²) in [6.07, 6.45) is 4.66. The van der Waals surface area contributed by atoms with Gasteiger partial charge in [-0.15, -0.1) is 17.0 Å². The molecular weight excluding hydrogens is 456 g/mol. The standard InChI is InChI=1S/C21H24BrN2O.BrH/c1-16-6-12-19(13-7-16)24-20-5-3-2-4-14-23(20)15-21(24,25)17-8-10-18(22)11-9-17;/h6-13,25H,2-5,14-15H2,1H3;1H/q+1;. The second kappa shape index (κ2) is 7.83. The molecule has 138 valence electrons. The van der Waals surface area contributed by atoms with Crippen molar-refractivity contribution in [2.45, 2.75) is 38.3 Å². The minimum absolute atomic E-state index is 0. The van der Waals surface area contributed by atoms with Crippen LogP contribution in [-0.2, 0) is 5.72 Å². The maximum absolute atomic E-state index is 11.8. The van der Waals surface area contributed by atoms with Crippen molar-refractivity contribution in [2.75, 3.05) is 18.0 Å². The fourth-order valence-electron chi connectivity index (χ4n) is 4.02. The van der Waals surface area contributed by atoms with Crippen LogP contribution in [0.15, 0.2) is 53.0 Å². The molecule has 26 heavy (non-hydrogen) atoms. The summed E-state index contributed by atoms with van der Waals surface area (Å²) in [6.45, 7) is 3.74. The van der Waals surface area contributed by atoms with Crippen molar-refractivity contribution in [3.8, 4) is 0 Å². The van der Waals surface area contributed by atoms with Gasteiger partial charge in [0.2, 0.25) is 0 Å². The van der Waals surface area contributed by atoms with Crippen molar-refractivity contribution >= 4 is 44.4 Å². The maximum atomic E-state index is 11.8. The van der Waals surface area contributed by atoms with Crippen molar-refractivity contribution in [3.63, 3.8) is 0 Å². The van der Waals surface area contributed by atoms with Crippen molar-refractivity contribution in [2.24, 2.45) is 0 Å². The van der Waals surface area contributed by atoms with Gasteiger partial charge >= 0.3 is 0 Å². The molecule has 2 heterocycles. The first-order valence-corrected chi connectivity index (χ1v) is 9.83. The molecule has 2 aliphatic heterocycles. The zero-order valence-corrected chi connectivity index (χ0v) is 18.3. The number of amidine groups is 1. The van der Waals surface area contributed by atoms with Gasteiger partial charge in [-0.3, -0.25) is 4.58 Å². The maximum Gasteiger partial charge on any atom is 0.275 e. The quantitative estimate of drug-likeness (QED) is 0.613. The molecule has 2 aromatic rings. The van der Waals surface area contributed by atoms with E-state index in [4.69, 9.17) is 0 Å². The fraction of sp³-hybridized carbons (Fsp3) is 0.381. The van der Waals surface area contributed by atoms with E-state index in [0.717, 1.165) is 28.7 Å². The lowest BCUT2D eigenvalue weighted by molar-refractivity contribution is -0.534. The molecule has 4 rings (SSSR count). The van der Waals surface area contributed by atoms with Crippen molar-refractivity contribution in [3.05, 3.63) is 64.1 Å². The van der Waals surface area contributed by atoms with E-state index in [1.807, 2.05) is 24.3 Å². The third-order valence-electron chi connectivity index (χ3n) is 5.33. The van der Waals surface area contributed by atoms with Crippen LogP contribution in [0.4, 0.5) is 5.69 Å². The molecule has 0 radical (unpaired) electrons. The number of anilines is 1. The normalized spacial score (nSPS) is 22.7. The summed E-state index contributed by atoms with van der Waals surface area (Å²) in [5.41, 5.74) is 2.22. The predicted molar refractivity (Wildman–Crippen MR) is 115 cm³/mol. The van der Waals surface area contributed by atoms with Gasteiger partial charge in [-0.1, -0.05) is 45.8 Å². The van der Waals surface area contributed by atoms with Crippen molar-refractivity contribution in [1.82, 2.24) is 0 Å². The summed E-state index contributed by atoms with van der Waals surface area (Å²) in [6, 6.07) is 16.6. The van der Waals surface area contributed by atoms with Gasteiger partial charge in [0.05, 0.1) is 6.54 Å². The van der Waals surface area contributed by atoms with Crippen LogP contribution >= 0.6 is 32.9 Å². The second-order valence-electron chi connectivity index (χ2n) is 7.14. The van der Waals surface area contributed by atoms with E-state index in [2.05, 4.69) is 56.6 Å². The number of nitrogens with zero attached hydrogens (tertiary/aromatic N) is 2. The highest BCUT2D eigenvalue weighted by molar-refractivity contribution is 9.10. The zero-order chi connectivity index (χ0) is 17.4. The van der Waals surface area contributed by atoms with E-state index in [1.54, 1.807) is 0 Å². The number of hydrogen-bond acceptors (Lipinski definition) is 2. The highest BCUT2D eigenvalue weighted by Crippen LogP contribution is 2.38. The van der Waals surface area contributed by atoms with Gasteiger partial charge in [-0.2, -0.15) is 4.90 Å². The largest absolute Gasteiger partial charge is 0.346 e. The molecule has 3 nitrogen and oxygen atoms in total. The number of hydrogen-bond donors (Lipinski definition) is 1. The molecule has 2 aliphatic rings. The van der Waals surface area contributed by atoms with Crippen LogP contribution in [0.5, 0.6) is 0 Å². The lowest BCUT2D eigenvalue weighted by atomic mass is 10.00. The van der Waals surface area contributed by atoms with Crippen LogP contribution in [0.3, 0.4) is 0 Å². The average molecular weight is 481 g/mol. The van der Waals surface area contributed by atoms with Gasteiger partial charge < -0.3 is 5.11 Å². The summed E-state index contributed by atoms with van der Waals surface area (Å²) in [4.78, 5) is 2.17. The van der Waals surface area contributed by atoms with E-state index in [-0.39, 0.29) is 17.0 Å². The minimum atomic E-state index is -1.03. The van der Waals surface area contributed by atoms with Gasteiger partial charge in [-0.25, -0.2) is 0 Å². The Morgan fingerprint density at radius 3 is 2.38 bits per heavy atom. The molecule has 1 atom stereocenters. The van der Waals surface area contributed by atoms with Crippen LogP contribution < -0.4 is 4.90 Å². The van der Waals surface area contributed by atoms with Gasteiger partial charge in [-0.05, 0) is 50.5 Å². The van der Waals surface area contributed by atoms with E-state index >= 15 is 0 Å². The van der Waals surface area contributed by atoms with Gasteiger partial charge in [0, 0.05) is 16.5 Å². The lowest BCUT2D eigenvalue weighted by Gasteiger charge is -2.29. The van der Waals surface area contributed by atoms with Crippen molar-refractivity contribution < 1.29 is 9.68 Å². The Morgan fingerprint density at radius 1 is 1.00 bits per heavy atom. The van der Waals surface area contributed by atoms with E-state index in [1.165, 1.54) is 30.7 Å². The summed E-state index contributed by atoms with van der Waals surface area (Å²) < 4.78 is 3.41. The zero-order valence-electron chi connectivity index (χ0n) is 15.0. The molecule has 0 aliphatic carbocycles. The van der Waals surface area contributed by atoms with Crippen LogP contribution in [0.25, 0.3) is 0 Å². The van der Waals surface area contributed by atoms with E-state index in [9.17, 15) is 5.11 Å². The van der Waals surface area contributed by atoms with Crippen LogP contribution in [0, 0.1) is 6.92 Å². The van der Waals surface area contributed by atoms with Gasteiger partial charge in [0.15, 0.2) is 6.54 Å². The Kier molecular flexibility index (Phi) is 5.90. The van der Waals surface area contributed by atoms with E-state index in [0.29, 0.717) is 6.54 Å². The molecule has 0 spiro atoms. The number of rotatable bonds is 2. The number of aryl methyl sites for hydroxylation is 1. The van der Waals surface area contributed by atoms with Crippen LogP contribution in [-0.4, -0.2) is 28.6 Å². The monoisotopic (exact) mass is 479 g/mol. The molecule has 5 heteroatoms. The SMILES string of the molecule is Br.Cc1ccc(N2C3=[N+](CCCCC3)CC2(O)c2ccc(Br)cc2)cc1. The van der Waals surface area contributed by atoms with Gasteiger partial charge in [0.25, 0.3) is 11.6 Å². The lowest BCUT2D eigenvalue weighted by Crippen LogP contribution is -2.47. The Morgan fingerprint density at radius 2 is 1.69 bits per heavy atom. The Balaban J connectivity index is 0.00000196. The Bertz CT molecular complexity index is 802. The molecule has 0 aromatic heterocycles. The Hall–Kier alpha value is -1.17. The third-order valence-corrected chi connectivity index (χ3v) is 5.86. The predicted octanol–water partition coefficient (Wildman–Crippen LogP) is 4.99. The van der Waals surface area contributed by atoms with Crippen molar-refractivity contribution in [1.29, 1.82) is 0 Å². The molecule has 0 saturated heterocycles. The summed E-state index contributed by atoms with van der Waals surface area (Å²) in [5, 5.41) is 11.8.